The first kappa shape index (κ1) is 32.7. The van der Waals surface area contributed by atoms with Crippen molar-refractivity contribution in [3.63, 3.8) is 0 Å². The topological polar surface area (TPSA) is 77.0 Å². The Labute approximate surface area is 327 Å². The predicted molar refractivity (Wildman–Crippen MR) is 236 cm³/mol. The molecule has 0 atom stereocenters. The molecule has 0 amide bonds. The zero-order valence-corrected chi connectivity index (χ0v) is 30.7. The number of benzene rings is 9. The van der Waals surface area contributed by atoms with Crippen LogP contribution in [0.25, 0.3) is 87.7 Å². The molecule has 0 fully saturated rings. The van der Waals surface area contributed by atoms with Crippen LogP contribution in [-0.4, -0.2) is 11.5 Å². The molecule has 2 N–H and O–H groups in total. The van der Waals surface area contributed by atoms with Gasteiger partial charge in [-0.25, -0.2) is 4.99 Å². The van der Waals surface area contributed by atoms with Crippen LogP contribution >= 0.6 is 0 Å². The van der Waals surface area contributed by atoms with E-state index in [4.69, 9.17) is 19.7 Å². The Hall–Kier alpha value is -7.76. The maximum absolute atomic E-state index is 6.60. The summed E-state index contributed by atoms with van der Waals surface area (Å²) >= 11 is 0. The van der Waals surface area contributed by atoms with Crippen molar-refractivity contribution in [2.24, 2.45) is 15.9 Å². The summed E-state index contributed by atoms with van der Waals surface area (Å²) in [5, 5.41) is 13.0. The van der Waals surface area contributed by atoms with Crippen LogP contribution in [0.15, 0.2) is 207 Å². The molecule has 5 heteroatoms. The minimum Gasteiger partial charge on any atom is -0.456 e. The molecule has 11 aromatic rings. The zero-order chi connectivity index (χ0) is 37.9. The number of nitrogens with zero attached hydrogens (tertiary/aromatic N) is 2. The molecule has 11 rings (SSSR count). The number of hydrogen-bond donors (Lipinski definition) is 1. The minimum atomic E-state index is 0.395. The van der Waals surface area contributed by atoms with Gasteiger partial charge in [0, 0.05) is 38.2 Å². The summed E-state index contributed by atoms with van der Waals surface area (Å²) in [7, 11) is 0. The van der Waals surface area contributed by atoms with Crippen molar-refractivity contribution in [3.05, 3.63) is 205 Å². The molecule has 2 heterocycles. The van der Waals surface area contributed by atoms with Crippen molar-refractivity contribution in [2.45, 2.75) is 0 Å². The molecule has 0 aliphatic rings. The lowest BCUT2D eigenvalue weighted by Gasteiger charge is -2.12. The molecular weight excluding hydrogens is 699 g/mol. The highest BCUT2D eigenvalue weighted by Crippen LogP contribution is 2.44. The summed E-state index contributed by atoms with van der Waals surface area (Å²) < 4.78 is 13.1. The summed E-state index contributed by atoms with van der Waals surface area (Å²) in [5.41, 5.74) is 11.0. The standard InChI is InChI=1S/C52H33N3O2/c53-55-52(54-51(39-28-25-33-13-4-5-14-36(33)29-39)35-26-23-34(24-27-35)32-11-2-1-3-12-32)42-19-10-22-46-50(42)49-41(18-9-21-45(49)56-46)40-17-8-20-44-48(40)43-30-37-15-6-7-16-38(37)31-47(43)57-44/h1-31H,53H2/b54-51+,55-52-. The molecule has 0 bridgehead atoms. The van der Waals surface area contributed by atoms with Crippen molar-refractivity contribution in [1.82, 2.24) is 0 Å². The Bertz CT molecular complexity index is 3410. The van der Waals surface area contributed by atoms with Gasteiger partial charge in [0.2, 0.25) is 0 Å². The maximum atomic E-state index is 6.60. The largest absolute Gasteiger partial charge is 0.456 e. The van der Waals surface area contributed by atoms with Crippen LogP contribution in [-0.2, 0) is 0 Å². The number of hydrazone groups is 1. The molecule has 0 aliphatic carbocycles. The first-order valence-electron chi connectivity index (χ1n) is 19.0. The van der Waals surface area contributed by atoms with E-state index in [1.165, 1.54) is 0 Å². The fourth-order valence-electron chi connectivity index (χ4n) is 8.36. The van der Waals surface area contributed by atoms with E-state index < -0.39 is 0 Å². The summed E-state index contributed by atoms with van der Waals surface area (Å²) in [6.45, 7) is 0. The van der Waals surface area contributed by atoms with Crippen LogP contribution in [0.5, 0.6) is 0 Å². The van der Waals surface area contributed by atoms with Gasteiger partial charge >= 0.3 is 0 Å². The Morgan fingerprint density at radius 2 is 0.965 bits per heavy atom. The van der Waals surface area contributed by atoms with Gasteiger partial charge in [0.1, 0.15) is 22.3 Å². The summed E-state index contributed by atoms with van der Waals surface area (Å²) in [5.74, 6) is 6.75. The second kappa shape index (κ2) is 13.2. The minimum absolute atomic E-state index is 0.395. The molecule has 2 aromatic heterocycles. The van der Waals surface area contributed by atoms with Gasteiger partial charge in [-0.1, -0.05) is 152 Å². The Morgan fingerprint density at radius 3 is 1.70 bits per heavy atom. The highest BCUT2D eigenvalue weighted by Gasteiger charge is 2.22. The van der Waals surface area contributed by atoms with Crippen molar-refractivity contribution >= 4 is 77.0 Å². The fourth-order valence-corrected chi connectivity index (χ4v) is 8.36. The molecule has 0 saturated carbocycles. The molecule has 0 saturated heterocycles. The van der Waals surface area contributed by atoms with E-state index in [1.54, 1.807) is 0 Å². The van der Waals surface area contributed by atoms with Crippen molar-refractivity contribution in [2.75, 3.05) is 0 Å². The van der Waals surface area contributed by atoms with Gasteiger partial charge in [0.25, 0.3) is 0 Å². The second-order valence-corrected chi connectivity index (χ2v) is 14.4. The third kappa shape index (κ3) is 5.48. The van der Waals surface area contributed by atoms with Crippen LogP contribution in [0, 0.1) is 0 Å². The van der Waals surface area contributed by atoms with Gasteiger partial charge < -0.3 is 14.7 Å². The third-order valence-corrected chi connectivity index (χ3v) is 11.0. The molecule has 0 radical (unpaired) electrons. The molecule has 9 aromatic carbocycles. The van der Waals surface area contributed by atoms with Crippen LogP contribution in [0.3, 0.4) is 0 Å². The van der Waals surface area contributed by atoms with Crippen LogP contribution in [0.1, 0.15) is 16.7 Å². The highest BCUT2D eigenvalue weighted by molar-refractivity contribution is 6.27. The van der Waals surface area contributed by atoms with Gasteiger partial charge in [-0.05, 0) is 80.2 Å². The lowest BCUT2D eigenvalue weighted by molar-refractivity contribution is 0.668. The van der Waals surface area contributed by atoms with Gasteiger partial charge in [-0.3, -0.25) is 0 Å². The number of nitrogens with two attached hydrogens (primary N) is 1. The normalized spacial score (nSPS) is 12.5. The Morgan fingerprint density at radius 1 is 0.404 bits per heavy atom. The number of fused-ring (bicyclic) bond motifs is 8. The molecule has 0 spiro atoms. The summed E-state index contributed by atoms with van der Waals surface area (Å²) in [4.78, 5) is 5.35. The van der Waals surface area contributed by atoms with E-state index in [-0.39, 0.29) is 0 Å². The van der Waals surface area contributed by atoms with Crippen molar-refractivity contribution < 1.29 is 8.83 Å². The van der Waals surface area contributed by atoms with Crippen LogP contribution < -0.4 is 5.84 Å². The Kier molecular flexibility index (Phi) is 7.57. The number of furan rings is 2. The molecule has 268 valence electrons. The van der Waals surface area contributed by atoms with E-state index in [9.17, 15) is 0 Å². The van der Waals surface area contributed by atoms with Gasteiger partial charge in [-0.2, -0.15) is 5.10 Å². The van der Waals surface area contributed by atoms with Crippen molar-refractivity contribution in [3.8, 4) is 22.3 Å². The van der Waals surface area contributed by atoms with E-state index in [2.05, 4.69) is 151 Å². The van der Waals surface area contributed by atoms with E-state index in [1.807, 2.05) is 42.5 Å². The number of amidine groups is 1. The summed E-state index contributed by atoms with van der Waals surface area (Å²) in [6.07, 6.45) is 0. The maximum Gasteiger partial charge on any atom is 0.180 e. The number of rotatable bonds is 5. The van der Waals surface area contributed by atoms with Gasteiger partial charge in [0.05, 0.1) is 5.71 Å². The van der Waals surface area contributed by atoms with Crippen LogP contribution in [0.2, 0.25) is 0 Å². The monoisotopic (exact) mass is 731 g/mol. The van der Waals surface area contributed by atoms with Crippen molar-refractivity contribution in [1.29, 1.82) is 0 Å². The average Bonchev–Trinajstić information content (AvgIpc) is 3.84. The lowest BCUT2D eigenvalue weighted by Crippen LogP contribution is -2.10. The van der Waals surface area contributed by atoms with Gasteiger partial charge in [-0.15, -0.1) is 0 Å². The molecule has 0 aliphatic heterocycles. The SMILES string of the molecule is N/N=C(\N=C(/c1ccc(-c2ccccc2)cc1)c1ccc2ccccc2c1)c1cccc2oc3cccc(-c4cccc5oc6cc7ccccc7cc6c45)c3c12. The Balaban J connectivity index is 1.12. The van der Waals surface area contributed by atoms with E-state index in [0.717, 1.165) is 110 Å². The highest BCUT2D eigenvalue weighted by atomic mass is 16.3. The molecule has 57 heavy (non-hydrogen) atoms. The first-order chi connectivity index (χ1) is 28.2. The fraction of sp³-hybridized carbons (Fsp3) is 0. The zero-order valence-electron chi connectivity index (χ0n) is 30.7. The average molecular weight is 732 g/mol. The number of aliphatic imine (C=N–C) groups is 1. The van der Waals surface area contributed by atoms with Crippen LogP contribution in [0.4, 0.5) is 0 Å². The second-order valence-electron chi connectivity index (χ2n) is 14.4. The quantitative estimate of drug-likeness (QED) is 0.0828. The third-order valence-electron chi connectivity index (χ3n) is 11.0. The van der Waals surface area contributed by atoms with E-state index >= 15 is 0 Å². The first-order valence-corrected chi connectivity index (χ1v) is 19.0. The molecule has 0 unspecified atom stereocenters. The van der Waals surface area contributed by atoms with Gasteiger partial charge in [0.15, 0.2) is 5.84 Å². The number of hydrogen-bond acceptors (Lipinski definition) is 4. The summed E-state index contributed by atoms with van der Waals surface area (Å²) in [6, 6.07) is 64.9. The molecule has 5 nitrogen and oxygen atoms in total. The predicted octanol–water partition coefficient (Wildman–Crippen LogP) is 13.3. The lowest BCUT2D eigenvalue weighted by atomic mass is 9.93. The van der Waals surface area contributed by atoms with E-state index in [0.29, 0.717) is 5.84 Å². The molecular formula is C52H33N3O2. The smallest absolute Gasteiger partial charge is 0.180 e.